The summed E-state index contributed by atoms with van der Waals surface area (Å²) in [6.45, 7) is 0. The van der Waals surface area contributed by atoms with E-state index in [9.17, 15) is 4.79 Å². The number of fused-ring (bicyclic) bond motifs is 2. The Kier molecular flexibility index (Phi) is 5.23. The lowest BCUT2D eigenvalue weighted by Crippen LogP contribution is -2.35. The summed E-state index contributed by atoms with van der Waals surface area (Å²) in [6.07, 6.45) is 1.58. The zero-order chi connectivity index (χ0) is 19.5. The van der Waals surface area contributed by atoms with Crippen LogP contribution in [0.1, 0.15) is 5.56 Å². The molecule has 0 saturated heterocycles. The van der Waals surface area contributed by atoms with Gasteiger partial charge < -0.3 is 4.74 Å². The Labute approximate surface area is 172 Å². The van der Waals surface area contributed by atoms with Crippen molar-refractivity contribution in [3.8, 4) is 5.75 Å². The van der Waals surface area contributed by atoms with Gasteiger partial charge in [-0.1, -0.05) is 35.5 Å². The molecule has 28 heavy (non-hydrogen) atoms. The molecule has 1 heterocycles. The number of benzene rings is 3. The number of carbonyl (C=O) groups is 1. The third-order valence-electron chi connectivity index (χ3n) is 4.18. The molecular formula is C21H16ClN3O2S. The largest absolute Gasteiger partial charge is 0.497 e. The molecule has 2 amide bonds. The number of halogens is 1. The van der Waals surface area contributed by atoms with Crippen LogP contribution in [0, 0.1) is 0 Å². The van der Waals surface area contributed by atoms with Crippen LogP contribution >= 0.6 is 23.4 Å². The number of para-hydroxylation sites is 1. The Morgan fingerprint density at radius 1 is 1.07 bits per heavy atom. The maximum atomic E-state index is 13.0. The minimum absolute atomic E-state index is 0.360. The second-order valence-electron chi connectivity index (χ2n) is 5.97. The summed E-state index contributed by atoms with van der Waals surface area (Å²) in [4.78, 5) is 16.5. The van der Waals surface area contributed by atoms with Crippen LogP contribution in [-0.2, 0) is 0 Å². The minimum Gasteiger partial charge on any atom is -0.497 e. The highest BCUT2D eigenvalue weighted by molar-refractivity contribution is 7.99. The molecule has 0 radical (unpaired) electrons. The first-order valence-electron chi connectivity index (χ1n) is 8.49. The molecule has 0 spiro atoms. The quantitative estimate of drug-likeness (QED) is 0.446. The number of nitrogens with zero attached hydrogens (tertiary/aromatic N) is 2. The average Bonchev–Trinajstić information content (AvgIpc) is 2.72. The van der Waals surface area contributed by atoms with Gasteiger partial charge in [0.2, 0.25) is 0 Å². The van der Waals surface area contributed by atoms with Gasteiger partial charge in [0.1, 0.15) is 5.75 Å². The molecule has 7 heteroatoms. The number of urea groups is 1. The molecule has 0 bridgehead atoms. The van der Waals surface area contributed by atoms with Gasteiger partial charge in [0.25, 0.3) is 0 Å². The maximum Gasteiger partial charge on any atom is 0.346 e. The number of nitrogens with one attached hydrogen (secondary N) is 1. The van der Waals surface area contributed by atoms with Crippen LogP contribution in [0.4, 0.5) is 16.2 Å². The van der Waals surface area contributed by atoms with Crippen LogP contribution in [-0.4, -0.2) is 19.4 Å². The van der Waals surface area contributed by atoms with Gasteiger partial charge in [-0.25, -0.2) is 10.2 Å². The fourth-order valence-electron chi connectivity index (χ4n) is 2.85. The molecule has 0 aliphatic carbocycles. The number of hydrazone groups is 1. The minimum atomic E-state index is -0.360. The highest BCUT2D eigenvalue weighted by Gasteiger charge is 2.28. The predicted molar refractivity (Wildman–Crippen MR) is 113 cm³/mol. The molecule has 0 saturated carbocycles. The van der Waals surface area contributed by atoms with Crippen LogP contribution < -0.4 is 15.1 Å². The van der Waals surface area contributed by atoms with E-state index in [2.05, 4.69) is 10.5 Å². The van der Waals surface area contributed by atoms with Gasteiger partial charge in [0.15, 0.2) is 0 Å². The van der Waals surface area contributed by atoms with Crippen LogP contribution in [0.15, 0.2) is 81.6 Å². The van der Waals surface area contributed by atoms with E-state index < -0.39 is 0 Å². The zero-order valence-corrected chi connectivity index (χ0v) is 16.5. The number of ether oxygens (including phenoxy) is 1. The fraction of sp³-hybridized carbons (Fsp3) is 0.0476. The topological polar surface area (TPSA) is 53.9 Å². The lowest BCUT2D eigenvalue weighted by atomic mass is 10.2. The van der Waals surface area contributed by atoms with Gasteiger partial charge in [-0.15, -0.1) is 0 Å². The van der Waals surface area contributed by atoms with Crippen LogP contribution in [0.3, 0.4) is 0 Å². The molecule has 1 N–H and O–H groups in total. The Morgan fingerprint density at radius 3 is 2.61 bits per heavy atom. The highest BCUT2D eigenvalue weighted by Crippen LogP contribution is 2.48. The van der Waals surface area contributed by atoms with E-state index in [4.69, 9.17) is 16.3 Å². The lowest BCUT2D eigenvalue weighted by Gasteiger charge is -2.30. The van der Waals surface area contributed by atoms with E-state index in [-0.39, 0.29) is 6.03 Å². The summed E-state index contributed by atoms with van der Waals surface area (Å²) in [5.41, 5.74) is 4.97. The monoisotopic (exact) mass is 409 g/mol. The van der Waals surface area contributed by atoms with Crippen molar-refractivity contribution in [1.82, 2.24) is 5.43 Å². The van der Waals surface area contributed by atoms with E-state index in [1.54, 1.807) is 36.1 Å². The van der Waals surface area contributed by atoms with Crippen molar-refractivity contribution in [2.75, 3.05) is 12.0 Å². The smallest absolute Gasteiger partial charge is 0.346 e. The molecule has 1 aliphatic rings. The molecule has 4 rings (SSSR count). The highest BCUT2D eigenvalue weighted by atomic mass is 35.5. The van der Waals surface area contributed by atoms with Crippen molar-refractivity contribution in [3.63, 3.8) is 0 Å². The first kappa shape index (κ1) is 18.4. The molecule has 3 aromatic carbocycles. The van der Waals surface area contributed by atoms with Crippen LogP contribution in [0.25, 0.3) is 0 Å². The van der Waals surface area contributed by atoms with E-state index in [1.807, 2.05) is 60.7 Å². The van der Waals surface area contributed by atoms with Crippen molar-refractivity contribution in [2.45, 2.75) is 9.79 Å². The van der Waals surface area contributed by atoms with Gasteiger partial charge in [0, 0.05) is 14.8 Å². The average molecular weight is 410 g/mol. The molecule has 0 aromatic heterocycles. The number of carbonyl (C=O) groups excluding carboxylic acids is 1. The molecule has 3 aromatic rings. The zero-order valence-electron chi connectivity index (χ0n) is 14.9. The fourth-order valence-corrected chi connectivity index (χ4v) is 4.05. The van der Waals surface area contributed by atoms with Crippen molar-refractivity contribution < 1.29 is 9.53 Å². The molecule has 0 atom stereocenters. The number of amides is 2. The summed E-state index contributed by atoms with van der Waals surface area (Å²) < 4.78 is 5.13. The van der Waals surface area contributed by atoms with Gasteiger partial charge in [-0.3, -0.25) is 4.90 Å². The number of hydrogen-bond acceptors (Lipinski definition) is 4. The van der Waals surface area contributed by atoms with Crippen molar-refractivity contribution >= 4 is 47.0 Å². The standard InChI is InChI=1S/C21H16ClN3O2S/c1-27-16-9-6-14(7-10-16)13-23-24-21(26)25-17-4-2-3-5-19(17)28-20-11-8-15(22)12-18(20)25/h2-13H,1H3,(H,24,26)/b23-13+. The Morgan fingerprint density at radius 2 is 1.82 bits per heavy atom. The SMILES string of the molecule is COc1ccc(/C=N/NC(=O)N2c3ccccc3Sc3ccc(Cl)cc32)cc1. The van der Waals surface area contributed by atoms with Crippen LogP contribution in [0.5, 0.6) is 5.75 Å². The Balaban J connectivity index is 1.60. The summed E-state index contributed by atoms with van der Waals surface area (Å²) in [7, 11) is 1.61. The summed E-state index contributed by atoms with van der Waals surface area (Å²) in [5, 5.41) is 4.66. The number of hydrogen-bond donors (Lipinski definition) is 1. The summed E-state index contributed by atoms with van der Waals surface area (Å²) in [6, 6.07) is 20.3. The molecule has 0 fully saturated rings. The molecule has 140 valence electrons. The maximum absolute atomic E-state index is 13.0. The number of anilines is 2. The van der Waals surface area contributed by atoms with E-state index in [0.717, 1.165) is 32.5 Å². The second kappa shape index (κ2) is 7.96. The predicted octanol–water partition coefficient (Wildman–Crippen LogP) is 5.70. The number of rotatable bonds is 3. The summed E-state index contributed by atoms with van der Waals surface area (Å²) >= 11 is 7.78. The normalized spacial score (nSPS) is 12.4. The first-order chi connectivity index (χ1) is 13.7. The van der Waals surface area contributed by atoms with Crippen molar-refractivity contribution in [2.24, 2.45) is 5.10 Å². The second-order valence-corrected chi connectivity index (χ2v) is 7.49. The van der Waals surface area contributed by atoms with E-state index >= 15 is 0 Å². The number of methoxy groups -OCH3 is 1. The van der Waals surface area contributed by atoms with Crippen molar-refractivity contribution in [1.29, 1.82) is 0 Å². The van der Waals surface area contributed by atoms with Gasteiger partial charge in [-0.05, 0) is 60.2 Å². The van der Waals surface area contributed by atoms with Gasteiger partial charge >= 0.3 is 6.03 Å². The molecule has 1 aliphatic heterocycles. The van der Waals surface area contributed by atoms with E-state index in [1.165, 1.54) is 0 Å². The first-order valence-corrected chi connectivity index (χ1v) is 9.69. The Hall–Kier alpha value is -2.96. The molecule has 0 unspecified atom stereocenters. The third-order valence-corrected chi connectivity index (χ3v) is 5.55. The van der Waals surface area contributed by atoms with E-state index in [0.29, 0.717) is 5.02 Å². The Bertz CT molecular complexity index is 1050. The summed E-state index contributed by atoms with van der Waals surface area (Å²) in [5.74, 6) is 0.761. The molecular weight excluding hydrogens is 394 g/mol. The van der Waals surface area contributed by atoms with Gasteiger partial charge in [-0.2, -0.15) is 5.10 Å². The van der Waals surface area contributed by atoms with Crippen LogP contribution in [0.2, 0.25) is 5.02 Å². The lowest BCUT2D eigenvalue weighted by molar-refractivity contribution is 0.249. The van der Waals surface area contributed by atoms with Crippen molar-refractivity contribution in [3.05, 3.63) is 77.3 Å². The molecule has 5 nitrogen and oxygen atoms in total. The third kappa shape index (κ3) is 3.69. The van der Waals surface area contributed by atoms with Gasteiger partial charge in [0.05, 0.1) is 24.7 Å².